The molecule has 0 saturated carbocycles. The number of hydrogen-bond donors (Lipinski definition) is 2. The highest BCUT2D eigenvalue weighted by molar-refractivity contribution is 5.57. The fourth-order valence-electron chi connectivity index (χ4n) is 1.25. The van der Waals surface area contributed by atoms with E-state index in [1.165, 1.54) is 36.4 Å². The first-order chi connectivity index (χ1) is 9.41. The molecule has 0 saturated heterocycles. The summed E-state index contributed by atoms with van der Waals surface area (Å²) in [6.07, 6.45) is 0. The van der Waals surface area contributed by atoms with Crippen LogP contribution in [-0.2, 0) is 0 Å². The minimum absolute atomic E-state index is 0.0394. The molecule has 0 aliphatic heterocycles. The van der Waals surface area contributed by atoms with E-state index in [4.69, 9.17) is 11.5 Å². The average molecular weight is 276 g/mol. The van der Waals surface area contributed by atoms with Gasteiger partial charge in [-0.2, -0.15) is 0 Å². The van der Waals surface area contributed by atoms with E-state index >= 15 is 0 Å². The van der Waals surface area contributed by atoms with Gasteiger partial charge in [0, 0.05) is 23.9 Å². The summed E-state index contributed by atoms with van der Waals surface area (Å²) in [5.74, 6) is 0. The molecule has 0 atom stereocenters. The number of rotatable bonds is 2. The predicted octanol–water partition coefficient (Wildman–Crippen LogP) is 2.35. The molecule has 0 bridgehead atoms. The van der Waals surface area contributed by atoms with Gasteiger partial charge in [0.1, 0.15) is 5.69 Å². The van der Waals surface area contributed by atoms with Crippen LogP contribution in [0.1, 0.15) is 0 Å². The zero-order valence-electron chi connectivity index (χ0n) is 10.3. The van der Waals surface area contributed by atoms with Crippen LogP contribution in [0.15, 0.2) is 48.5 Å². The third kappa shape index (κ3) is 4.26. The number of non-ortho nitro benzene ring substituents is 1. The van der Waals surface area contributed by atoms with E-state index in [1.807, 2.05) is 0 Å². The Morgan fingerprint density at radius 1 is 0.800 bits per heavy atom. The number of anilines is 2. The van der Waals surface area contributed by atoms with Gasteiger partial charge in [-0.05, 0) is 18.2 Å². The molecule has 20 heavy (non-hydrogen) atoms. The molecular weight excluding hydrogens is 264 g/mol. The SMILES string of the molecule is Nc1ccc([N+](=O)[O-])cc1.Nc1ccccc1[N+](=O)[O-]. The molecule has 0 fully saturated rings. The van der Waals surface area contributed by atoms with Gasteiger partial charge in [-0.1, -0.05) is 12.1 Å². The zero-order chi connectivity index (χ0) is 15.1. The molecule has 8 heteroatoms. The van der Waals surface area contributed by atoms with Crippen molar-refractivity contribution in [1.82, 2.24) is 0 Å². The third-order valence-electron chi connectivity index (χ3n) is 2.24. The first kappa shape index (κ1) is 14.9. The summed E-state index contributed by atoms with van der Waals surface area (Å²) in [5, 5.41) is 20.2. The summed E-state index contributed by atoms with van der Waals surface area (Å²) < 4.78 is 0. The molecule has 0 unspecified atom stereocenters. The van der Waals surface area contributed by atoms with Crippen LogP contribution in [0.25, 0.3) is 0 Å². The molecule has 0 aliphatic carbocycles. The molecule has 4 N–H and O–H groups in total. The topological polar surface area (TPSA) is 138 Å². The van der Waals surface area contributed by atoms with Crippen LogP contribution in [-0.4, -0.2) is 9.85 Å². The van der Waals surface area contributed by atoms with E-state index in [0.29, 0.717) is 5.69 Å². The van der Waals surface area contributed by atoms with E-state index in [2.05, 4.69) is 0 Å². The van der Waals surface area contributed by atoms with Gasteiger partial charge in [0.2, 0.25) is 0 Å². The lowest BCUT2D eigenvalue weighted by Crippen LogP contribution is -1.93. The Bertz CT molecular complexity index is 613. The lowest BCUT2D eigenvalue weighted by Gasteiger charge is -1.92. The highest BCUT2D eigenvalue weighted by Crippen LogP contribution is 2.18. The maximum absolute atomic E-state index is 10.1. The van der Waals surface area contributed by atoms with Crippen molar-refractivity contribution in [3.63, 3.8) is 0 Å². The van der Waals surface area contributed by atoms with Crippen LogP contribution in [0.2, 0.25) is 0 Å². The second-order valence-electron chi connectivity index (χ2n) is 3.66. The second kappa shape index (κ2) is 6.69. The molecular formula is C12H12N4O4. The van der Waals surface area contributed by atoms with Gasteiger partial charge >= 0.3 is 0 Å². The van der Waals surface area contributed by atoms with Crippen LogP contribution >= 0.6 is 0 Å². The first-order valence-electron chi connectivity index (χ1n) is 5.40. The van der Waals surface area contributed by atoms with Crippen molar-refractivity contribution in [2.75, 3.05) is 11.5 Å². The number of benzene rings is 2. The third-order valence-corrected chi connectivity index (χ3v) is 2.24. The second-order valence-corrected chi connectivity index (χ2v) is 3.66. The Morgan fingerprint density at radius 3 is 1.75 bits per heavy atom. The molecule has 0 aromatic heterocycles. The summed E-state index contributed by atoms with van der Waals surface area (Å²) >= 11 is 0. The van der Waals surface area contributed by atoms with Gasteiger partial charge in [0.25, 0.3) is 11.4 Å². The fraction of sp³-hybridized carbons (Fsp3) is 0. The molecule has 0 radical (unpaired) electrons. The minimum Gasteiger partial charge on any atom is -0.399 e. The highest BCUT2D eigenvalue weighted by Gasteiger charge is 2.07. The van der Waals surface area contributed by atoms with Crippen molar-refractivity contribution in [2.45, 2.75) is 0 Å². The lowest BCUT2D eigenvalue weighted by molar-refractivity contribution is -0.384. The Labute approximate surface area is 113 Å². The first-order valence-corrected chi connectivity index (χ1v) is 5.40. The Morgan fingerprint density at radius 2 is 1.35 bits per heavy atom. The van der Waals surface area contributed by atoms with Gasteiger partial charge in [0.15, 0.2) is 0 Å². The van der Waals surface area contributed by atoms with Crippen molar-refractivity contribution in [2.24, 2.45) is 0 Å². The van der Waals surface area contributed by atoms with Gasteiger partial charge in [0.05, 0.1) is 9.85 Å². The van der Waals surface area contributed by atoms with Gasteiger partial charge in [-0.15, -0.1) is 0 Å². The number of hydrogen-bond acceptors (Lipinski definition) is 6. The maximum atomic E-state index is 10.1. The smallest absolute Gasteiger partial charge is 0.292 e. The summed E-state index contributed by atoms with van der Waals surface area (Å²) in [6, 6.07) is 11.8. The molecule has 2 aromatic carbocycles. The molecule has 0 heterocycles. The van der Waals surface area contributed by atoms with Crippen molar-refractivity contribution >= 4 is 22.7 Å². The van der Waals surface area contributed by atoms with E-state index in [1.54, 1.807) is 12.1 Å². The minimum atomic E-state index is -0.505. The number of nitro benzene ring substituents is 2. The number of nitro groups is 2. The van der Waals surface area contributed by atoms with E-state index in [9.17, 15) is 20.2 Å². The average Bonchev–Trinajstić information content (AvgIpc) is 2.40. The molecule has 0 aliphatic rings. The van der Waals surface area contributed by atoms with E-state index < -0.39 is 9.85 Å². The van der Waals surface area contributed by atoms with Crippen molar-refractivity contribution < 1.29 is 9.85 Å². The van der Waals surface area contributed by atoms with Gasteiger partial charge in [-0.3, -0.25) is 20.2 Å². The standard InChI is InChI=1S/2C6H6N2O2/c7-5-1-3-6(4-2-5)8(9)10;7-5-3-1-2-4-6(5)8(9)10/h2*1-4H,7H2. The molecule has 0 spiro atoms. The predicted molar refractivity (Wildman–Crippen MR) is 75.0 cm³/mol. The summed E-state index contributed by atoms with van der Waals surface area (Å²) in [7, 11) is 0. The monoisotopic (exact) mass is 276 g/mol. The van der Waals surface area contributed by atoms with Crippen LogP contribution in [0.4, 0.5) is 22.7 Å². The van der Waals surface area contributed by atoms with Gasteiger partial charge in [-0.25, -0.2) is 0 Å². The van der Waals surface area contributed by atoms with Crippen LogP contribution in [0.5, 0.6) is 0 Å². The fourth-order valence-corrected chi connectivity index (χ4v) is 1.25. The quantitative estimate of drug-likeness (QED) is 0.490. The summed E-state index contributed by atoms with van der Waals surface area (Å²) in [5.41, 5.74) is 11.3. The maximum Gasteiger partial charge on any atom is 0.292 e. The van der Waals surface area contributed by atoms with Crippen molar-refractivity contribution in [3.05, 3.63) is 68.8 Å². The number of nitrogens with zero attached hydrogens (tertiary/aromatic N) is 2. The summed E-state index contributed by atoms with van der Waals surface area (Å²) in [4.78, 5) is 19.3. The van der Waals surface area contributed by atoms with E-state index in [0.717, 1.165) is 0 Å². The summed E-state index contributed by atoms with van der Waals surface area (Å²) in [6.45, 7) is 0. The Hall–Kier alpha value is -3.16. The van der Waals surface area contributed by atoms with Crippen LogP contribution < -0.4 is 11.5 Å². The van der Waals surface area contributed by atoms with Crippen molar-refractivity contribution in [3.8, 4) is 0 Å². The molecule has 0 amide bonds. The molecule has 8 nitrogen and oxygen atoms in total. The Balaban J connectivity index is 0.000000200. The normalized spacial score (nSPS) is 9.20. The van der Waals surface area contributed by atoms with Crippen molar-refractivity contribution in [1.29, 1.82) is 0 Å². The largest absolute Gasteiger partial charge is 0.399 e. The molecule has 2 aromatic rings. The van der Waals surface area contributed by atoms with Crippen LogP contribution in [0.3, 0.4) is 0 Å². The van der Waals surface area contributed by atoms with Crippen LogP contribution in [0, 0.1) is 20.2 Å². The zero-order valence-corrected chi connectivity index (χ0v) is 10.3. The number of para-hydroxylation sites is 2. The van der Waals surface area contributed by atoms with E-state index in [-0.39, 0.29) is 17.1 Å². The lowest BCUT2D eigenvalue weighted by atomic mass is 10.3. The van der Waals surface area contributed by atoms with Gasteiger partial charge < -0.3 is 11.5 Å². The molecule has 2 rings (SSSR count). The number of nitrogens with two attached hydrogens (primary N) is 2. The molecule has 104 valence electrons. The highest BCUT2D eigenvalue weighted by atomic mass is 16.6. The number of nitrogen functional groups attached to an aromatic ring is 2. The Kier molecular flexibility index (Phi) is 4.98.